The Morgan fingerprint density at radius 1 is 1.64 bits per heavy atom. The summed E-state index contributed by atoms with van der Waals surface area (Å²) in [4.78, 5) is 0. The van der Waals surface area contributed by atoms with Crippen LogP contribution in [0.4, 0.5) is 8.78 Å². The van der Waals surface area contributed by atoms with E-state index in [1.807, 2.05) is 6.92 Å². The molecule has 0 aromatic rings. The van der Waals surface area contributed by atoms with Gasteiger partial charge in [0.1, 0.15) is 0 Å². The topological polar surface area (TPSA) is 26.0 Å². The van der Waals surface area contributed by atoms with Crippen molar-refractivity contribution in [3.8, 4) is 0 Å². The summed E-state index contributed by atoms with van der Waals surface area (Å²) in [6.07, 6.45) is 1.36. The van der Waals surface area contributed by atoms with Gasteiger partial charge < -0.3 is 5.73 Å². The van der Waals surface area contributed by atoms with Gasteiger partial charge in [0.25, 0.3) is 5.92 Å². The third-order valence-electron chi connectivity index (χ3n) is 2.63. The summed E-state index contributed by atoms with van der Waals surface area (Å²) < 4.78 is 26.0. The predicted octanol–water partition coefficient (Wildman–Crippen LogP) is 2.02. The Hall–Kier alpha value is -0.180. The molecule has 1 saturated carbocycles. The Kier molecular flexibility index (Phi) is 2.47. The van der Waals surface area contributed by atoms with Crippen LogP contribution in [0.2, 0.25) is 0 Å². The standard InChI is InChI=1S/C8H15F2N/c1-6(5-11)7-3-2-4-8(7,9)10/h6-7H,2-5,11H2,1H3. The number of nitrogens with two attached hydrogens (primary N) is 1. The molecule has 0 aliphatic heterocycles. The number of halogens is 2. The first-order valence-electron chi connectivity index (χ1n) is 4.16. The molecule has 0 aromatic carbocycles. The fraction of sp³-hybridized carbons (Fsp3) is 1.00. The molecular weight excluding hydrogens is 148 g/mol. The van der Waals surface area contributed by atoms with E-state index in [9.17, 15) is 8.78 Å². The molecule has 1 fully saturated rings. The molecule has 0 saturated heterocycles. The average Bonchev–Trinajstić information content (AvgIpc) is 2.28. The van der Waals surface area contributed by atoms with Crippen LogP contribution in [0.15, 0.2) is 0 Å². The number of hydrogen-bond donors (Lipinski definition) is 1. The monoisotopic (exact) mass is 163 g/mol. The van der Waals surface area contributed by atoms with E-state index in [4.69, 9.17) is 5.73 Å². The van der Waals surface area contributed by atoms with Crippen molar-refractivity contribution in [3.63, 3.8) is 0 Å². The molecule has 2 N–H and O–H groups in total. The van der Waals surface area contributed by atoms with Crippen LogP contribution in [0.1, 0.15) is 26.2 Å². The minimum Gasteiger partial charge on any atom is -0.330 e. The number of hydrogen-bond acceptors (Lipinski definition) is 1. The molecule has 0 heterocycles. The largest absolute Gasteiger partial charge is 0.330 e. The van der Waals surface area contributed by atoms with Crippen molar-refractivity contribution in [1.29, 1.82) is 0 Å². The Bertz CT molecular complexity index is 136. The maximum Gasteiger partial charge on any atom is 0.251 e. The van der Waals surface area contributed by atoms with Crippen molar-refractivity contribution < 1.29 is 8.78 Å². The zero-order valence-electron chi connectivity index (χ0n) is 6.82. The Morgan fingerprint density at radius 2 is 2.27 bits per heavy atom. The maximum absolute atomic E-state index is 13.0. The third kappa shape index (κ3) is 1.70. The van der Waals surface area contributed by atoms with E-state index < -0.39 is 11.8 Å². The lowest BCUT2D eigenvalue weighted by molar-refractivity contribution is -0.0538. The second-order valence-corrected chi connectivity index (χ2v) is 3.47. The molecule has 0 spiro atoms. The van der Waals surface area contributed by atoms with E-state index in [-0.39, 0.29) is 12.3 Å². The van der Waals surface area contributed by atoms with E-state index in [1.165, 1.54) is 0 Å². The molecule has 1 nitrogen and oxygen atoms in total. The van der Waals surface area contributed by atoms with Crippen molar-refractivity contribution in [2.45, 2.75) is 32.1 Å². The van der Waals surface area contributed by atoms with Crippen molar-refractivity contribution in [2.75, 3.05) is 6.54 Å². The van der Waals surface area contributed by atoms with Crippen molar-refractivity contribution in [1.82, 2.24) is 0 Å². The molecule has 0 aromatic heterocycles. The van der Waals surface area contributed by atoms with Crippen LogP contribution >= 0.6 is 0 Å². The first-order valence-corrected chi connectivity index (χ1v) is 4.16. The fourth-order valence-corrected chi connectivity index (χ4v) is 1.82. The van der Waals surface area contributed by atoms with E-state index in [0.717, 1.165) is 0 Å². The molecule has 1 aliphatic carbocycles. The second kappa shape index (κ2) is 3.05. The first kappa shape index (κ1) is 8.91. The van der Waals surface area contributed by atoms with Gasteiger partial charge in [-0.05, 0) is 25.3 Å². The summed E-state index contributed by atoms with van der Waals surface area (Å²) in [5, 5.41) is 0. The van der Waals surface area contributed by atoms with Crippen molar-refractivity contribution in [2.24, 2.45) is 17.6 Å². The summed E-state index contributed by atoms with van der Waals surface area (Å²) in [6, 6.07) is 0. The molecule has 2 atom stereocenters. The van der Waals surface area contributed by atoms with Gasteiger partial charge in [-0.1, -0.05) is 6.92 Å². The molecule has 1 aliphatic rings. The van der Waals surface area contributed by atoms with Crippen LogP contribution in [-0.2, 0) is 0 Å². The number of alkyl halides is 2. The molecular formula is C8H15F2N. The first-order chi connectivity index (χ1) is 5.08. The van der Waals surface area contributed by atoms with Gasteiger partial charge >= 0.3 is 0 Å². The molecule has 0 amide bonds. The normalized spacial score (nSPS) is 32.2. The van der Waals surface area contributed by atoms with Gasteiger partial charge in [-0.25, -0.2) is 8.78 Å². The van der Waals surface area contributed by atoms with Gasteiger partial charge in [-0.2, -0.15) is 0 Å². The summed E-state index contributed by atoms with van der Waals surface area (Å²) in [5.74, 6) is -2.95. The van der Waals surface area contributed by atoms with Crippen LogP contribution < -0.4 is 5.73 Å². The fourth-order valence-electron chi connectivity index (χ4n) is 1.82. The van der Waals surface area contributed by atoms with Crippen LogP contribution in [0.25, 0.3) is 0 Å². The SMILES string of the molecule is CC(CN)C1CCCC1(F)F. The quantitative estimate of drug-likeness (QED) is 0.662. The second-order valence-electron chi connectivity index (χ2n) is 3.47. The van der Waals surface area contributed by atoms with Gasteiger partial charge in [0.05, 0.1) is 0 Å². The average molecular weight is 163 g/mol. The summed E-state index contributed by atoms with van der Waals surface area (Å²) in [5.41, 5.74) is 5.34. The molecule has 0 radical (unpaired) electrons. The maximum atomic E-state index is 13.0. The van der Waals surface area contributed by atoms with Gasteiger partial charge in [-0.3, -0.25) is 0 Å². The van der Waals surface area contributed by atoms with Crippen LogP contribution in [0, 0.1) is 11.8 Å². The molecule has 11 heavy (non-hydrogen) atoms. The van der Waals surface area contributed by atoms with Gasteiger partial charge in [0.15, 0.2) is 0 Å². The van der Waals surface area contributed by atoms with Gasteiger partial charge in [0, 0.05) is 12.3 Å². The van der Waals surface area contributed by atoms with E-state index in [2.05, 4.69) is 0 Å². The highest BCUT2D eigenvalue weighted by molar-refractivity contribution is 4.87. The minimum absolute atomic E-state index is 0.0347. The highest BCUT2D eigenvalue weighted by Crippen LogP contribution is 2.43. The minimum atomic E-state index is -2.45. The zero-order chi connectivity index (χ0) is 8.48. The van der Waals surface area contributed by atoms with E-state index in [0.29, 0.717) is 19.4 Å². The van der Waals surface area contributed by atoms with Crippen molar-refractivity contribution >= 4 is 0 Å². The Morgan fingerprint density at radius 3 is 2.64 bits per heavy atom. The summed E-state index contributed by atoms with van der Waals surface area (Å²) in [7, 11) is 0. The molecule has 66 valence electrons. The molecule has 2 unspecified atom stereocenters. The summed E-state index contributed by atoms with van der Waals surface area (Å²) >= 11 is 0. The lowest BCUT2D eigenvalue weighted by Gasteiger charge is -2.23. The third-order valence-corrected chi connectivity index (χ3v) is 2.63. The Balaban J connectivity index is 2.57. The molecule has 3 heteroatoms. The summed E-state index contributed by atoms with van der Waals surface area (Å²) in [6.45, 7) is 2.18. The smallest absolute Gasteiger partial charge is 0.251 e. The predicted molar refractivity (Wildman–Crippen MR) is 40.5 cm³/mol. The van der Waals surface area contributed by atoms with Crippen LogP contribution in [0.5, 0.6) is 0 Å². The highest BCUT2D eigenvalue weighted by Gasteiger charge is 2.45. The van der Waals surface area contributed by atoms with Gasteiger partial charge in [-0.15, -0.1) is 0 Å². The highest BCUT2D eigenvalue weighted by atomic mass is 19.3. The van der Waals surface area contributed by atoms with Crippen LogP contribution in [-0.4, -0.2) is 12.5 Å². The van der Waals surface area contributed by atoms with Crippen molar-refractivity contribution in [3.05, 3.63) is 0 Å². The van der Waals surface area contributed by atoms with Crippen LogP contribution in [0.3, 0.4) is 0 Å². The lowest BCUT2D eigenvalue weighted by atomic mass is 9.90. The van der Waals surface area contributed by atoms with Gasteiger partial charge in [0.2, 0.25) is 0 Å². The molecule has 1 rings (SSSR count). The van der Waals surface area contributed by atoms with E-state index in [1.54, 1.807) is 0 Å². The Labute approximate surface area is 66.0 Å². The molecule has 0 bridgehead atoms. The lowest BCUT2D eigenvalue weighted by Crippen LogP contribution is -2.31. The van der Waals surface area contributed by atoms with E-state index >= 15 is 0 Å². The zero-order valence-corrected chi connectivity index (χ0v) is 6.82. The number of rotatable bonds is 2.